The Balaban J connectivity index is 0.963. The number of ether oxygens (including phenoxy) is 4. The summed E-state index contributed by atoms with van der Waals surface area (Å²) in [4.78, 5) is 24.6. The van der Waals surface area contributed by atoms with Gasteiger partial charge in [-0.3, -0.25) is 14.2 Å². The van der Waals surface area contributed by atoms with Gasteiger partial charge in [0.05, 0.1) is 19.8 Å². The van der Waals surface area contributed by atoms with E-state index in [0.29, 0.717) is 19.4 Å². The van der Waals surface area contributed by atoms with E-state index in [0.717, 1.165) is 67.1 Å². The minimum atomic E-state index is -3.10. The number of rotatable bonds is 24. The zero-order valence-corrected chi connectivity index (χ0v) is 30.4. The van der Waals surface area contributed by atoms with Gasteiger partial charge in [-0.05, 0) is 49.3 Å². The summed E-state index contributed by atoms with van der Waals surface area (Å²) in [7, 11) is -3.10. The van der Waals surface area contributed by atoms with Crippen LogP contribution >= 0.6 is 19.1 Å². The van der Waals surface area contributed by atoms with E-state index >= 15 is 0 Å². The van der Waals surface area contributed by atoms with Crippen LogP contribution in [0, 0.1) is 0 Å². The van der Waals surface area contributed by atoms with Crippen molar-refractivity contribution in [1.82, 2.24) is 0 Å². The summed E-state index contributed by atoms with van der Waals surface area (Å²) in [5.41, 5.74) is 0. The zero-order valence-electron chi connectivity index (χ0n) is 28.6. The average molecular weight is 703 g/mol. The van der Waals surface area contributed by atoms with Crippen molar-refractivity contribution in [2.45, 2.75) is 121 Å². The van der Waals surface area contributed by atoms with Crippen LogP contribution in [0.25, 0.3) is 0 Å². The molecule has 48 heavy (non-hydrogen) atoms. The second kappa shape index (κ2) is 21.8. The molecule has 0 bridgehead atoms. The van der Waals surface area contributed by atoms with Crippen molar-refractivity contribution in [2.75, 3.05) is 31.3 Å². The van der Waals surface area contributed by atoms with Crippen LogP contribution < -0.4 is 10.6 Å². The molecule has 4 rings (SSSR count). The quantitative estimate of drug-likeness (QED) is 0.0618. The van der Waals surface area contributed by atoms with E-state index in [2.05, 4.69) is 6.92 Å². The SMILES string of the molecule is CCCCCCC(=O)O[C@@H]1COC2C1OC[C@@H]2OC(=O)CCCCCCCCCCSCCOP(=O)(c1ccccc1)c1ccccc1. The molecule has 0 saturated carbocycles. The van der Waals surface area contributed by atoms with Gasteiger partial charge in [-0.2, -0.15) is 11.8 Å². The molecular weight excluding hydrogens is 647 g/mol. The van der Waals surface area contributed by atoms with Crippen molar-refractivity contribution in [3.05, 3.63) is 60.7 Å². The summed E-state index contributed by atoms with van der Waals surface area (Å²) in [6, 6.07) is 19.0. The van der Waals surface area contributed by atoms with Crippen molar-refractivity contribution >= 4 is 41.7 Å². The number of esters is 2. The molecule has 2 heterocycles. The molecule has 0 N–H and O–H groups in total. The van der Waals surface area contributed by atoms with Crippen molar-refractivity contribution in [1.29, 1.82) is 0 Å². The third-order valence-electron chi connectivity index (χ3n) is 8.88. The number of carbonyl (C=O) groups is 2. The first-order chi connectivity index (χ1) is 23.5. The van der Waals surface area contributed by atoms with Gasteiger partial charge in [0.2, 0.25) is 0 Å². The molecule has 0 aromatic heterocycles. The van der Waals surface area contributed by atoms with Gasteiger partial charge in [0, 0.05) is 29.2 Å². The number of hydrogen-bond acceptors (Lipinski definition) is 9. The largest absolute Gasteiger partial charge is 0.457 e. The Morgan fingerprint density at radius 2 is 1.12 bits per heavy atom. The molecule has 2 unspecified atom stereocenters. The van der Waals surface area contributed by atoms with Gasteiger partial charge in [-0.1, -0.05) is 101 Å². The summed E-state index contributed by atoms with van der Waals surface area (Å²) in [6.45, 7) is 3.16. The lowest BCUT2D eigenvalue weighted by atomic mass is 10.1. The zero-order chi connectivity index (χ0) is 33.9. The molecule has 4 atom stereocenters. The molecule has 0 aliphatic carbocycles. The first-order valence-electron chi connectivity index (χ1n) is 18.1. The van der Waals surface area contributed by atoms with Crippen molar-refractivity contribution in [3.63, 3.8) is 0 Å². The highest BCUT2D eigenvalue weighted by atomic mass is 32.2. The predicted octanol–water partition coefficient (Wildman–Crippen LogP) is 7.77. The van der Waals surface area contributed by atoms with Crippen LogP contribution in [0.3, 0.4) is 0 Å². The fourth-order valence-electron chi connectivity index (χ4n) is 6.19. The number of fused-ring (bicyclic) bond motifs is 1. The maximum absolute atomic E-state index is 13.9. The third kappa shape index (κ3) is 12.6. The highest BCUT2D eigenvalue weighted by molar-refractivity contribution is 7.99. The van der Waals surface area contributed by atoms with Crippen LogP contribution in [0.2, 0.25) is 0 Å². The second-order valence-electron chi connectivity index (χ2n) is 12.7. The van der Waals surface area contributed by atoms with Gasteiger partial charge in [-0.15, -0.1) is 0 Å². The Kier molecular flexibility index (Phi) is 17.6. The highest BCUT2D eigenvalue weighted by Gasteiger charge is 2.51. The molecule has 2 saturated heterocycles. The van der Waals surface area contributed by atoms with Crippen LogP contribution in [0.4, 0.5) is 0 Å². The van der Waals surface area contributed by atoms with E-state index in [1.807, 2.05) is 72.4 Å². The Morgan fingerprint density at radius 3 is 1.62 bits per heavy atom. The molecule has 2 aliphatic rings. The van der Waals surface area contributed by atoms with Crippen LogP contribution in [0.5, 0.6) is 0 Å². The molecule has 0 amide bonds. The van der Waals surface area contributed by atoms with Gasteiger partial charge in [0.25, 0.3) is 7.37 Å². The molecule has 2 aliphatic heterocycles. The van der Waals surface area contributed by atoms with Gasteiger partial charge in [0.1, 0.15) is 12.2 Å². The number of thioether (sulfide) groups is 1. The van der Waals surface area contributed by atoms with Crippen LogP contribution in [0.1, 0.15) is 96.8 Å². The van der Waals surface area contributed by atoms with Crippen LogP contribution in [0.15, 0.2) is 60.7 Å². The summed E-state index contributed by atoms with van der Waals surface area (Å²) in [5, 5.41) is 1.47. The van der Waals surface area contributed by atoms with E-state index in [1.165, 1.54) is 32.1 Å². The van der Waals surface area contributed by atoms with Crippen molar-refractivity contribution in [3.8, 4) is 0 Å². The van der Waals surface area contributed by atoms with E-state index in [9.17, 15) is 14.2 Å². The summed E-state index contributed by atoms with van der Waals surface area (Å²) >= 11 is 1.86. The Labute approximate surface area is 291 Å². The summed E-state index contributed by atoms with van der Waals surface area (Å²) < 4.78 is 42.8. The molecule has 2 aromatic rings. The number of unbranched alkanes of at least 4 members (excludes halogenated alkanes) is 10. The average Bonchev–Trinajstić information content (AvgIpc) is 3.70. The Hall–Kier alpha value is -2.16. The standard InChI is InChI=1S/C38H55O8PS/c1-2-3-4-17-24-35(39)45-33-29-42-38-34(30-43-37(33)38)46-36(40)25-18-9-7-5-6-8-10-19-27-48-28-26-44-47(41,31-20-13-11-14-21-31)32-22-15-12-16-23-32/h11-16,20-23,33-34,37-38H,2-10,17-19,24-30H2,1H3/t33-,34+,37?,38?/m1/s1. The molecule has 0 spiro atoms. The van der Waals surface area contributed by atoms with Crippen LogP contribution in [-0.4, -0.2) is 67.7 Å². The molecule has 2 fully saturated rings. The van der Waals surface area contributed by atoms with Crippen molar-refractivity contribution < 1.29 is 37.6 Å². The molecule has 10 heteroatoms. The lowest BCUT2D eigenvalue weighted by Crippen LogP contribution is -2.35. The second-order valence-corrected chi connectivity index (χ2v) is 16.3. The normalized spacial score (nSPS) is 20.4. The van der Waals surface area contributed by atoms with Crippen molar-refractivity contribution in [2.24, 2.45) is 0 Å². The minimum Gasteiger partial charge on any atom is -0.457 e. The summed E-state index contributed by atoms with van der Waals surface area (Å²) in [5.74, 6) is 1.48. The summed E-state index contributed by atoms with van der Waals surface area (Å²) in [6.07, 6.45) is 12.3. The Bertz CT molecular complexity index is 1200. The first-order valence-corrected chi connectivity index (χ1v) is 20.8. The van der Waals surface area contributed by atoms with Gasteiger partial charge < -0.3 is 23.5 Å². The predicted molar refractivity (Wildman–Crippen MR) is 193 cm³/mol. The minimum absolute atomic E-state index is 0.210. The van der Waals surface area contributed by atoms with Gasteiger partial charge in [-0.25, -0.2) is 0 Å². The molecule has 0 radical (unpaired) electrons. The maximum Gasteiger partial charge on any atom is 0.306 e. The van der Waals surface area contributed by atoms with Gasteiger partial charge >= 0.3 is 11.9 Å². The molecule has 2 aromatic carbocycles. The maximum atomic E-state index is 13.9. The van der Waals surface area contributed by atoms with E-state index < -0.39 is 19.6 Å². The molecular formula is C38H55O8PS. The number of hydrogen-bond donors (Lipinski definition) is 0. The molecule has 266 valence electrons. The topological polar surface area (TPSA) is 97.4 Å². The smallest absolute Gasteiger partial charge is 0.306 e. The lowest BCUT2D eigenvalue weighted by molar-refractivity contribution is -0.155. The fourth-order valence-corrected chi connectivity index (χ4v) is 9.20. The first kappa shape index (κ1) is 38.6. The fraction of sp³-hybridized carbons (Fsp3) is 0.632. The van der Waals surface area contributed by atoms with Crippen LogP contribution in [-0.2, 0) is 37.6 Å². The van der Waals surface area contributed by atoms with E-state index in [4.69, 9.17) is 23.5 Å². The Morgan fingerprint density at radius 1 is 0.667 bits per heavy atom. The highest BCUT2D eigenvalue weighted by Crippen LogP contribution is 2.44. The number of carbonyl (C=O) groups excluding carboxylic acids is 2. The lowest BCUT2D eigenvalue weighted by Gasteiger charge is -2.19. The third-order valence-corrected chi connectivity index (χ3v) is 12.4. The van der Waals surface area contributed by atoms with E-state index in [1.54, 1.807) is 0 Å². The molecule has 8 nitrogen and oxygen atoms in total. The van der Waals surface area contributed by atoms with E-state index in [-0.39, 0.29) is 37.4 Å². The monoisotopic (exact) mass is 702 g/mol. The number of benzene rings is 2. The van der Waals surface area contributed by atoms with Gasteiger partial charge in [0.15, 0.2) is 12.2 Å².